The molecule has 5 nitrogen and oxygen atoms in total. The summed E-state index contributed by atoms with van der Waals surface area (Å²) < 4.78 is 12.9. The van der Waals surface area contributed by atoms with Crippen LogP contribution in [-0.2, 0) is 4.79 Å². The van der Waals surface area contributed by atoms with E-state index in [1.54, 1.807) is 30.3 Å². The van der Waals surface area contributed by atoms with Crippen molar-refractivity contribution in [2.45, 2.75) is 12.3 Å². The van der Waals surface area contributed by atoms with E-state index in [1.807, 2.05) is 0 Å². The molecule has 1 fully saturated rings. The Hall–Kier alpha value is -2.89. The number of imidazole rings is 1. The van der Waals surface area contributed by atoms with Crippen molar-refractivity contribution in [3.63, 3.8) is 0 Å². The van der Waals surface area contributed by atoms with Gasteiger partial charge < -0.3 is 15.3 Å². The molecular weight excluding hydrogens is 297 g/mol. The Balaban J connectivity index is 1.47. The molecule has 1 amide bonds. The Bertz CT molecular complexity index is 942. The molecule has 2 atom stereocenters. The summed E-state index contributed by atoms with van der Waals surface area (Å²) in [5, 5.41) is 2.87. The lowest BCUT2D eigenvalue weighted by Gasteiger charge is -2.05. The first kappa shape index (κ1) is 13.8. The minimum atomic E-state index is -0.276. The summed E-state index contributed by atoms with van der Waals surface area (Å²) in [5.74, 6) is -0.284. The van der Waals surface area contributed by atoms with Crippen molar-refractivity contribution in [3.8, 4) is 0 Å². The number of nitrogens with one attached hydrogen (secondary N) is 3. The standard InChI is InChI=1S/C17H14FN3O2/c18-10-3-1-9(2-4-10)12-8-13(12)16(22)19-11-5-6-14-15(7-11)21-17(23)20-14/h1-7,12-13H,8H2,(H,19,22)(H2,20,21,23)/t12-,13+/m1/s1. The number of hydrogen-bond acceptors (Lipinski definition) is 2. The number of H-pyrrole nitrogens is 2. The van der Waals surface area contributed by atoms with Crippen LogP contribution in [-0.4, -0.2) is 15.9 Å². The molecule has 1 aliphatic rings. The highest BCUT2D eigenvalue weighted by Crippen LogP contribution is 2.48. The second kappa shape index (κ2) is 5.08. The molecule has 3 aromatic rings. The molecule has 0 saturated heterocycles. The number of fused-ring (bicyclic) bond motifs is 1. The van der Waals surface area contributed by atoms with Gasteiger partial charge in [-0.3, -0.25) is 4.79 Å². The van der Waals surface area contributed by atoms with Gasteiger partial charge >= 0.3 is 5.69 Å². The van der Waals surface area contributed by atoms with E-state index in [-0.39, 0.29) is 29.2 Å². The maximum Gasteiger partial charge on any atom is 0.323 e. The number of anilines is 1. The zero-order valence-electron chi connectivity index (χ0n) is 12.1. The van der Waals surface area contributed by atoms with Crippen molar-refractivity contribution in [2.24, 2.45) is 5.92 Å². The Kier molecular flexibility index (Phi) is 3.04. The fourth-order valence-electron chi connectivity index (χ4n) is 2.91. The predicted octanol–water partition coefficient (Wildman–Crippen LogP) is 2.74. The predicted molar refractivity (Wildman–Crippen MR) is 84.8 cm³/mol. The summed E-state index contributed by atoms with van der Waals surface area (Å²) in [7, 11) is 0. The minimum Gasteiger partial charge on any atom is -0.326 e. The molecule has 0 radical (unpaired) electrons. The van der Waals surface area contributed by atoms with E-state index < -0.39 is 0 Å². The van der Waals surface area contributed by atoms with Gasteiger partial charge in [0.15, 0.2) is 0 Å². The third-order valence-electron chi connectivity index (χ3n) is 4.21. The van der Waals surface area contributed by atoms with Crippen molar-refractivity contribution in [1.29, 1.82) is 0 Å². The molecule has 0 bridgehead atoms. The van der Waals surface area contributed by atoms with E-state index in [0.29, 0.717) is 16.7 Å². The van der Waals surface area contributed by atoms with E-state index in [4.69, 9.17) is 0 Å². The van der Waals surface area contributed by atoms with Crippen LogP contribution in [0.1, 0.15) is 17.9 Å². The van der Waals surface area contributed by atoms with Crippen molar-refractivity contribution in [3.05, 3.63) is 64.3 Å². The molecule has 1 aromatic heterocycles. The van der Waals surface area contributed by atoms with Crippen molar-refractivity contribution < 1.29 is 9.18 Å². The van der Waals surface area contributed by atoms with E-state index in [1.165, 1.54) is 12.1 Å². The van der Waals surface area contributed by atoms with Crippen LogP contribution in [0.5, 0.6) is 0 Å². The lowest BCUT2D eigenvalue weighted by molar-refractivity contribution is -0.117. The molecule has 1 aliphatic carbocycles. The van der Waals surface area contributed by atoms with E-state index in [0.717, 1.165) is 12.0 Å². The number of hydrogen-bond donors (Lipinski definition) is 3. The topological polar surface area (TPSA) is 77.8 Å². The number of rotatable bonds is 3. The average Bonchev–Trinajstić information content (AvgIpc) is 3.23. The maximum atomic E-state index is 12.9. The van der Waals surface area contributed by atoms with Crippen molar-refractivity contribution in [2.75, 3.05) is 5.32 Å². The summed E-state index contributed by atoms with van der Waals surface area (Å²) >= 11 is 0. The Labute approximate surface area is 130 Å². The van der Waals surface area contributed by atoms with Gasteiger partial charge in [0, 0.05) is 11.6 Å². The van der Waals surface area contributed by atoms with E-state index in [9.17, 15) is 14.0 Å². The van der Waals surface area contributed by atoms with Crippen LogP contribution in [0.25, 0.3) is 11.0 Å². The SMILES string of the molecule is O=C(Nc1ccc2[nH]c(=O)[nH]c2c1)[C@H]1C[C@@H]1c1ccc(F)cc1. The number of carbonyl (C=O) groups is 1. The van der Waals surface area contributed by atoms with E-state index >= 15 is 0 Å². The van der Waals surface area contributed by atoms with Crippen LogP contribution in [0, 0.1) is 11.7 Å². The van der Waals surface area contributed by atoms with Gasteiger partial charge in [0.25, 0.3) is 0 Å². The van der Waals surface area contributed by atoms with Crippen LogP contribution in [0.15, 0.2) is 47.3 Å². The fraction of sp³-hybridized carbons (Fsp3) is 0.176. The molecule has 6 heteroatoms. The zero-order chi connectivity index (χ0) is 16.0. The fourth-order valence-corrected chi connectivity index (χ4v) is 2.91. The van der Waals surface area contributed by atoms with E-state index in [2.05, 4.69) is 15.3 Å². The Morgan fingerprint density at radius 2 is 1.83 bits per heavy atom. The summed E-state index contributed by atoms with van der Waals surface area (Å²) in [4.78, 5) is 28.9. The van der Waals surface area contributed by atoms with Crippen LogP contribution in [0.4, 0.5) is 10.1 Å². The van der Waals surface area contributed by atoms with Crippen molar-refractivity contribution in [1.82, 2.24) is 9.97 Å². The van der Waals surface area contributed by atoms with Crippen molar-refractivity contribution >= 4 is 22.6 Å². The van der Waals surface area contributed by atoms with Crippen LogP contribution >= 0.6 is 0 Å². The highest BCUT2D eigenvalue weighted by molar-refractivity contribution is 5.96. The van der Waals surface area contributed by atoms with Gasteiger partial charge in [-0.05, 0) is 48.2 Å². The maximum absolute atomic E-state index is 12.9. The molecule has 2 aromatic carbocycles. The molecule has 3 N–H and O–H groups in total. The summed E-state index contributed by atoms with van der Waals surface area (Å²) in [5.41, 5.74) is 2.70. The Morgan fingerprint density at radius 1 is 1.09 bits per heavy atom. The first-order valence-electron chi connectivity index (χ1n) is 7.38. The van der Waals surface area contributed by atoms with Gasteiger partial charge in [0.1, 0.15) is 5.82 Å². The van der Waals surface area contributed by atoms with Gasteiger partial charge in [-0.2, -0.15) is 0 Å². The number of carbonyl (C=O) groups excluding carboxylic acids is 1. The average molecular weight is 311 g/mol. The lowest BCUT2D eigenvalue weighted by Crippen LogP contribution is -2.14. The first-order chi connectivity index (χ1) is 11.1. The zero-order valence-corrected chi connectivity index (χ0v) is 12.1. The number of aromatic amines is 2. The molecule has 1 heterocycles. The molecule has 4 rings (SSSR count). The van der Waals surface area contributed by atoms with Crippen LogP contribution in [0.3, 0.4) is 0 Å². The molecule has 1 saturated carbocycles. The monoisotopic (exact) mass is 311 g/mol. The lowest BCUT2D eigenvalue weighted by atomic mass is 10.1. The summed E-state index contributed by atoms with van der Waals surface area (Å²) in [6, 6.07) is 11.5. The first-order valence-corrected chi connectivity index (χ1v) is 7.38. The number of aromatic nitrogens is 2. The Morgan fingerprint density at radius 3 is 2.61 bits per heavy atom. The third kappa shape index (κ3) is 2.63. The highest BCUT2D eigenvalue weighted by atomic mass is 19.1. The second-order valence-corrected chi connectivity index (χ2v) is 5.83. The number of benzene rings is 2. The van der Waals surface area contributed by atoms with Gasteiger partial charge in [-0.1, -0.05) is 12.1 Å². The highest BCUT2D eigenvalue weighted by Gasteiger charge is 2.43. The number of halogens is 1. The van der Waals surface area contributed by atoms with Crippen LogP contribution < -0.4 is 11.0 Å². The van der Waals surface area contributed by atoms with Gasteiger partial charge in [-0.15, -0.1) is 0 Å². The van der Waals surface area contributed by atoms with Gasteiger partial charge in [0.05, 0.1) is 11.0 Å². The summed E-state index contributed by atoms with van der Waals surface area (Å²) in [6.45, 7) is 0. The molecule has 0 spiro atoms. The normalized spacial score (nSPS) is 19.7. The van der Waals surface area contributed by atoms with Crippen LogP contribution in [0.2, 0.25) is 0 Å². The smallest absolute Gasteiger partial charge is 0.323 e. The molecular formula is C17H14FN3O2. The minimum absolute atomic E-state index is 0.0587. The number of amides is 1. The summed E-state index contributed by atoms with van der Waals surface area (Å²) in [6.07, 6.45) is 0.765. The molecule has 116 valence electrons. The largest absolute Gasteiger partial charge is 0.326 e. The second-order valence-electron chi connectivity index (χ2n) is 5.83. The molecule has 23 heavy (non-hydrogen) atoms. The quantitative estimate of drug-likeness (QED) is 0.695. The third-order valence-corrected chi connectivity index (χ3v) is 4.21. The molecule has 0 aliphatic heterocycles. The molecule has 0 unspecified atom stereocenters. The van der Waals surface area contributed by atoms with Gasteiger partial charge in [0.2, 0.25) is 5.91 Å². The van der Waals surface area contributed by atoms with Gasteiger partial charge in [-0.25, -0.2) is 9.18 Å².